The Kier molecular flexibility index (Phi) is 11.7. The Bertz CT molecular complexity index is 698. The van der Waals surface area contributed by atoms with Gasteiger partial charge in [0.25, 0.3) is 0 Å². The zero-order valence-corrected chi connectivity index (χ0v) is 16.7. The maximum Gasteiger partial charge on any atom is 0.200 e. The molecule has 1 N–H and O–H groups in total. The van der Waals surface area contributed by atoms with E-state index in [1.54, 1.807) is 13.0 Å². The summed E-state index contributed by atoms with van der Waals surface area (Å²) in [6, 6.07) is 4.04. The van der Waals surface area contributed by atoms with Gasteiger partial charge in [0.15, 0.2) is 23.2 Å². The molecule has 0 aromatic heterocycles. The standard InChI is InChI=1S/C20H25F3O3.C2H4/c1-12(14(3)19(22)20(23)15(4)25-5)6-7-13(2)26-11-16-8-9-18(24)17(21)10-16;1-2/h8-10,12-13,24H,3-4,6-7,11H2,1-2,5H3;1-2H2/b20-19-;. The van der Waals surface area contributed by atoms with Crippen molar-refractivity contribution in [2.75, 3.05) is 7.11 Å². The van der Waals surface area contributed by atoms with E-state index in [1.807, 2.05) is 6.92 Å². The first-order valence-electron chi connectivity index (χ1n) is 8.74. The van der Waals surface area contributed by atoms with E-state index in [2.05, 4.69) is 31.1 Å². The van der Waals surface area contributed by atoms with Gasteiger partial charge >= 0.3 is 0 Å². The normalized spacial score (nSPS) is 13.5. The minimum Gasteiger partial charge on any atom is -0.505 e. The number of benzene rings is 1. The lowest BCUT2D eigenvalue weighted by Crippen LogP contribution is -2.11. The molecule has 0 fully saturated rings. The Hall–Kier alpha value is -2.47. The summed E-state index contributed by atoms with van der Waals surface area (Å²) in [6.07, 6.45) is 0.943. The van der Waals surface area contributed by atoms with Crippen molar-refractivity contribution in [3.05, 3.63) is 78.9 Å². The van der Waals surface area contributed by atoms with Crippen molar-refractivity contribution >= 4 is 0 Å². The maximum absolute atomic E-state index is 14.0. The molecule has 0 aliphatic heterocycles. The molecule has 2 unspecified atom stereocenters. The summed E-state index contributed by atoms with van der Waals surface area (Å²) in [7, 11) is 1.21. The average molecular weight is 398 g/mol. The monoisotopic (exact) mass is 398 g/mol. The van der Waals surface area contributed by atoms with Crippen molar-refractivity contribution < 1.29 is 27.8 Å². The molecule has 0 amide bonds. The van der Waals surface area contributed by atoms with Crippen LogP contribution in [0.3, 0.4) is 0 Å². The Labute approximate surface area is 165 Å². The van der Waals surface area contributed by atoms with E-state index < -0.39 is 23.2 Å². The Morgan fingerprint density at radius 2 is 1.71 bits per heavy atom. The predicted molar refractivity (Wildman–Crippen MR) is 106 cm³/mol. The van der Waals surface area contributed by atoms with Crippen LogP contribution < -0.4 is 0 Å². The summed E-state index contributed by atoms with van der Waals surface area (Å²) in [5.41, 5.74) is 0.632. The van der Waals surface area contributed by atoms with Crippen LogP contribution in [0.5, 0.6) is 5.75 Å². The summed E-state index contributed by atoms with van der Waals surface area (Å²) in [5, 5.41) is 9.15. The molecule has 2 atom stereocenters. The minimum atomic E-state index is -1.15. The number of phenolic OH excluding ortho intramolecular Hbond substituents is 1. The van der Waals surface area contributed by atoms with Crippen molar-refractivity contribution in [3.63, 3.8) is 0 Å². The second kappa shape index (κ2) is 12.8. The summed E-state index contributed by atoms with van der Waals surface area (Å²) < 4.78 is 51.2. The van der Waals surface area contributed by atoms with Crippen LogP contribution in [0.15, 0.2) is 67.5 Å². The molecule has 0 bridgehead atoms. The molecule has 156 valence electrons. The number of halogens is 3. The third-order valence-electron chi connectivity index (χ3n) is 4.11. The fraction of sp³-hybridized carbons (Fsp3) is 0.364. The Morgan fingerprint density at radius 1 is 1.11 bits per heavy atom. The maximum atomic E-state index is 14.0. The average Bonchev–Trinajstić information content (AvgIpc) is 2.71. The third kappa shape index (κ3) is 8.05. The summed E-state index contributed by atoms with van der Waals surface area (Å²) in [5.74, 6) is -4.00. The number of methoxy groups -OCH3 is 1. The first-order valence-corrected chi connectivity index (χ1v) is 8.74. The lowest BCUT2D eigenvalue weighted by atomic mass is 9.94. The van der Waals surface area contributed by atoms with Crippen LogP contribution in [0.4, 0.5) is 13.2 Å². The number of rotatable bonds is 10. The quantitative estimate of drug-likeness (QED) is 0.277. The van der Waals surface area contributed by atoms with Gasteiger partial charge in [-0.1, -0.05) is 26.1 Å². The van der Waals surface area contributed by atoms with Gasteiger partial charge in [0.1, 0.15) is 5.76 Å². The van der Waals surface area contributed by atoms with E-state index in [9.17, 15) is 13.2 Å². The lowest BCUT2D eigenvalue weighted by molar-refractivity contribution is 0.0444. The smallest absolute Gasteiger partial charge is 0.200 e. The van der Waals surface area contributed by atoms with Gasteiger partial charge in [-0.25, -0.2) is 8.78 Å². The topological polar surface area (TPSA) is 38.7 Å². The number of hydrogen-bond donors (Lipinski definition) is 1. The predicted octanol–water partition coefficient (Wildman–Crippen LogP) is 6.52. The molecule has 0 spiro atoms. The van der Waals surface area contributed by atoms with Gasteiger partial charge in [-0.15, -0.1) is 13.2 Å². The zero-order valence-electron chi connectivity index (χ0n) is 16.7. The van der Waals surface area contributed by atoms with Crippen molar-refractivity contribution in [1.82, 2.24) is 0 Å². The molecule has 28 heavy (non-hydrogen) atoms. The summed E-state index contributed by atoms with van der Waals surface area (Å²) in [6.45, 7) is 16.6. The van der Waals surface area contributed by atoms with Crippen LogP contribution in [-0.2, 0) is 16.1 Å². The van der Waals surface area contributed by atoms with Crippen molar-refractivity contribution in [2.24, 2.45) is 5.92 Å². The zero-order chi connectivity index (χ0) is 21.9. The first-order chi connectivity index (χ1) is 13.2. The molecule has 6 heteroatoms. The molecule has 0 radical (unpaired) electrons. The van der Waals surface area contributed by atoms with Gasteiger partial charge < -0.3 is 14.6 Å². The fourth-order valence-electron chi connectivity index (χ4n) is 2.19. The number of ether oxygens (including phenoxy) is 2. The largest absolute Gasteiger partial charge is 0.505 e. The molecule has 1 aromatic rings. The molecule has 3 nitrogen and oxygen atoms in total. The van der Waals surface area contributed by atoms with Crippen molar-refractivity contribution in [1.29, 1.82) is 0 Å². The van der Waals surface area contributed by atoms with E-state index in [0.29, 0.717) is 18.4 Å². The summed E-state index contributed by atoms with van der Waals surface area (Å²) >= 11 is 0. The van der Waals surface area contributed by atoms with Crippen molar-refractivity contribution in [2.45, 2.75) is 39.4 Å². The van der Waals surface area contributed by atoms with E-state index >= 15 is 0 Å². The van der Waals surface area contributed by atoms with Crippen LogP contribution in [-0.4, -0.2) is 18.3 Å². The van der Waals surface area contributed by atoms with Crippen LogP contribution in [0.2, 0.25) is 0 Å². The second-order valence-corrected chi connectivity index (χ2v) is 6.17. The highest BCUT2D eigenvalue weighted by atomic mass is 19.2. The van der Waals surface area contributed by atoms with E-state index in [1.165, 1.54) is 19.2 Å². The van der Waals surface area contributed by atoms with Gasteiger partial charge in [-0.3, -0.25) is 0 Å². The fourth-order valence-corrected chi connectivity index (χ4v) is 2.19. The molecular weight excluding hydrogens is 369 g/mol. The molecule has 0 aliphatic rings. The van der Waals surface area contributed by atoms with E-state index in [4.69, 9.17) is 9.84 Å². The highest BCUT2D eigenvalue weighted by Crippen LogP contribution is 2.29. The molecule has 1 rings (SSSR count). The number of allylic oxidation sites excluding steroid dienone is 3. The lowest BCUT2D eigenvalue weighted by Gasteiger charge is -2.18. The number of phenols is 1. The molecule has 0 saturated carbocycles. The van der Waals surface area contributed by atoms with Crippen LogP contribution in [0.1, 0.15) is 32.3 Å². The number of aromatic hydroxyl groups is 1. The SMILES string of the molecule is C=C.C=C(OC)/C(F)=C(/F)C(=C)C(C)CCC(C)OCc1ccc(O)c(F)c1. The Balaban J connectivity index is 0.00000352. The first kappa shape index (κ1) is 25.5. The minimum absolute atomic E-state index is 0.0357. The van der Waals surface area contributed by atoms with Gasteiger partial charge in [-0.2, -0.15) is 4.39 Å². The van der Waals surface area contributed by atoms with E-state index in [-0.39, 0.29) is 30.0 Å². The van der Waals surface area contributed by atoms with Gasteiger partial charge in [0, 0.05) is 0 Å². The molecule has 1 aromatic carbocycles. The second-order valence-electron chi connectivity index (χ2n) is 6.17. The van der Waals surface area contributed by atoms with Gasteiger partial charge in [0.2, 0.25) is 0 Å². The Morgan fingerprint density at radius 3 is 2.25 bits per heavy atom. The van der Waals surface area contributed by atoms with E-state index in [0.717, 1.165) is 0 Å². The molecular formula is C22H29F3O3. The molecule has 0 heterocycles. The van der Waals surface area contributed by atoms with Crippen LogP contribution >= 0.6 is 0 Å². The number of hydrogen-bond acceptors (Lipinski definition) is 3. The highest BCUT2D eigenvalue weighted by molar-refractivity contribution is 5.33. The summed E-state index contributed by atoms with van der Waals surface area (Å²) in [4.78, 5) is 0. The van der Waals surface area contributed by atoms with Crippen molar-refractivity contribution in [3.8, 4) is 5.75 Å². The third-order valence-corrected chi connectivity index (χ3v) is 4.11. The molecule has 0 saturated heterocycles. The molecule has 0 aliphatic carbocycles. The van der Waals surface area contributed by atoms with Crippen LogP contribution in [0, 0.1) is 11.7 Å². The van der Waals surface area contributed by atoms with Gasteiger partial charge in [0.05, 0.1) is 19.8 Å². The van der Waals surface area contributed by atoms with Crippen LogP contribution in [0.25, 0.3) is 0 Å². The van der Waals surface area contributed by atoms with Gasteiger partial charge in [-0.05, 0) is 49.0 Å². The highest BCUT2D eigenvalue weighted by Gasteiger charge is 2.19.